The van der Waals surface area contributed by atoms with E-state index in [2.05, 4.69) is 17.9 Å². The van der Waals surface area contributed by atoms with E-state index in [1.54, 1.807) is 12.1 Å². The van der Waals surface area contributed by atoms with Gasteiger partial charge in [0, 0.05) is 12.6 Å². The Labute approximate surface area is 109 Å². The molecule has 1 fully saturated rings. The van der Waals surface area contributed by atoms with E-state index in [1.807, 2.05) is 19.9 Å². The van der Waals surface area contributed by atoms with Crippen molar-refractivity contribution in [3.05, 3.63) is 41.7 Å². The molecule has 2 atom stereocenters. The summed E-state index contributed by atoms with van der Waals surface area (Å²) in [7, 11) is 0. The van der Waals surface area contributed by atoms with Gasteiger partial charge in [-0.05, 0) is 42.2 Å². The summed E-state index contributed by atoms with van der Waals surface area (Å²) in [6.07, 6.45) is 3.56. The van der Waals surface area contributed by atoms with Crippen LogP contribution in [0.4, 0.5) is 4.39 Å². The SMILES string of the molecule is CC.CCN1CC2C=C(c3cccc(F)c3)C1C2. The van der Waals surface area contributed by atoms with Gasteiger partial charge in [0.1, 0.15) is 5.82 Å². The highest BCUT2D eigenvalue weighted by molar-refractivity contribution is 5.73. The largest absolute Gasteiger partial charge is 0.296 e. The highest BCUT2D eigenvalue weighted by Crippen LogP contribution is 2.41. The highest BCUT2D eigenvalue weighted by atomic mass is 19.1. The number of fused-ring (bicyclic) bond motifs is 2. The molecule has 0 amide bonds. The third-order valence-corrected chi connectivity index (χ3v) is 3.77. The second-order valence-electron chi connectivity index (χ2n) is 4.73. The minimum Gasteiger partial charge on any atom is -0.296 e. The molecule has 98 valence electrons. The molecule has 2 aliphatic rings. The van der Waals surface area contributed by atoms with Crippen molar-refractivity contribution in [2.45, 2.75) is 33.2 Å². The van der Waals surface area contributed by atoms with Crippen LogP contribution in [-0.4, -0.2) is 24.0 Å². The van der Waals surface area contributed by atoms with Crippen LogP contribution in [0, 0.1) is 11.7 Å². The molecule has 0 spiro atoms. The van der Waals surface area contributed by atoms with Crippen LogP contribution in [-0.2, 0) is 0 Å². The van der Waals surface area contributed by atoms with Crippen LogP contribution in [0.15, 0.2) is 30.3 Å². The Balaban J connectivity index is 0.000000574. The fraction of sp³-hybridized carbons (Fsp3) is 0.500. The Morgan fingerprint density at radius 2 is 2.11 bits per heavy atom. The van der Waals surface area contributed by atoms with Crippen LogP contribution in [0.1, 0.15) is 32.8 Å². The minimum atomic E-state index is -0.135. The smallest absolute Gasteiger partial charge is 0.123 e. The Bertz CT molecular complexity index is 438. The molecule has 0 aromatic heterocycles. The predicted molar refractivity (Wildman–Crippen MR) is 74.9 cm³/mol. The standard InChI is InChI=1S/C14H16FN.C2H6/c1-2-16-9-10-6-13(14(16)7-10)11-4-3-5-12(15)8-11;1-2/h3-6,8,10,14H,2,7,9H2,1H3;1-2H3. The van der Waals surface area contributed by atoms with Crippen LogP contribution < -0.4 is 0 Å². The van der Waals surface area contributed by atoms with E-state index in [4.69, 9.17) is 0 Å². The molecule has 2 unspecified atom stereocenters. The summed E-state index contributed by atoms with van der Waals surface area (Å²) < 4.78 is 13.2. The summed E-state index contributed by atoms with van der Waals surface area (Å²) in [6.45, 7) is 8.47. The van der Waals surface area contributed by atoms with Gasteiger partial charge >= 0.3 is 0 Å². The van der Waals surface area contributed by atoms with E-state index in [1.165, 1.54) is 24.6 Å². The van der Waals surface area contributed by atoms with Crippen molar-refractivity contribution >= 4 is 5.57 Å². The first kappa shape index (κ1) is 13.3. The first-order valence-corrected chi connectivity index (χ1v) is 6.99. The summed E-state index contributed by atoms with van der Waals surface area (Å²) >= 11 is 0. The zero-order valence-corrected chi connectivity index (χ0v) is 11.5. The normalized spacial score (nSPS) is 25.7. The van der Waals surface area contributed by atoms with Gasteiger partial charge in [-0.25, -0.2) is 4.39 Å². The van der Waals surface area contributed by atoms with E-state index in [0.717, 1.165) is 12.1 Å². The molecular weight excluding hydrogens is 225 g/mol. The van der Waals surface area contributed by atoms with Crippen molar-refractivity contribution in [2.24, 2.45) is 5.92 Å². The fourth-order valence-electron chi connectivity index (χ4n) is 3.05. The first-order chi connectivity index (χ1) is 8.78. The van der Waals surface area contributed by atoms with Gasteiger partial charge in [0.2, 0.25) is 0 Å². The Morgan fingerprint density at radius 1 is 1.33 bits per heavy atom. The second-order valence-corrected chi connectivity index (χ2v) is 4.73. The summed E-state index contributed by atoms with van der Waals surface area (Å²) in [6, 6.07) is 7.50. The zero-order valence-electron chi connectivity index (χ0n) is 11.5. The van der Waals surface area contributed by atoms with Gasteiger partial charge in [0.05, 0.1) is 0 Å². The molecule has 1 aromatic rings. The summed E-state index contributed by atoms with van der Waals surface area (Å²) in [4.78, 5) is 2.49. The van der Waals surface area contributed by atoms with Crippen LogP contribution in [0.5, 0.6) is 0 Å². The molecule has 3 rings (SSSR count). The van der Waals surface area contributed by atoms with E-state index < -0.39 is 0 Å². The van der Waals surface area contributed by atoms with Gasteiger partial charge < -0.3 is 0 Å². The molecule has 0 saturated carbocycles. The molecule has 2 bridgehead atoms. The fourth-order valence-corrected chi connectivity index (χ4v) is 3.05. The monoisotopic (exact) mass is 247 g/mol. The van der Waals surface area contributed by atoms with Gasteiger partial charge in [-0.1, -0.05) is 39.0 Å². The van der Waals surface area contributed by atoms with Crippen molar-refractivity contribution < 1.29 is 4.39 Å². The molecule has 2 heteroatoms. The van der Waals surface area contributed by atoms with Gasteiger partial charge in [0.15, 0.2) is 0 Å². The maximum Gasteiger partial charge on any atom is 0.123 e. The van der Waals surface area contributed by atoms with Crippen molar-refractivity contribution in [3.63, 3.8) is 0 Å². The number of likely N-dealkylation sites (tertiary alicyclic amines) is 1. The minimum absolute atomic E-state index is 0.135. The Morgan fingerprint density at radius 3 is 2.72 bits per heavy atom. The van der Waals surface area contributed by atoms with Crippen LogP contribution >= 0.6 is 0 Å². The highest BCUT2D eigenvalue weighted by Gasteiger charge is 2.38. The van der Waals surface area contributed by atoms with E-state index in [-0.39, 0.29) is 5.82 Å². The average Bonchev–Trinajstić information content (AvgIpc) is 3.00. The van der Waals surface area contributed by atoms with Gasteiger partial charge in [-0.15, -0.1) is 0 Å². The number of halogens is 1. The maximum absolute atomic E-state index is 13.2. The number of hydrogen-bond acceptors (Lipinski definition) is 1. The van der Waals surface area contributed by atoms with E-state index in [9.17, 15) is 4.39 Å². The van der Waals surface area contributed by atoms with Crippen LogP contribution in [0.25, 0.3) is 5.57 Å². The second kappa shape index (κ2) is 5.66. The number of nitrogens with zero attached hydrogens (tertiary/aromatic N) is 1. The van der Waals surface area contributed by atoms with E-state index in [0.29, 0.717) is 12.0 Å². The molecule has 1 heterocycles. The summed E-state index contributed by atoms with van der Waals surface area (Å²) in [5, 5.41) is 0. The summed E-state index contributed by atoms with van der Waals surface area (Å²) in [5.74, 6) is 0.549. The third kappa shape index (κ3) is 2.35. The van der Waals surface area contributed by atoms with E-state index >= 15 is 0 Å². The number of benzene rings is 1. The quantitative estimate of drug-likeness (QED) is 0.764. The molecule has 0 N–H and O–H groups in total. The molecular formula is C16H22FN. The van der Waals surface area contributed by atoms with Gasteiger partial charge in [0.25, 0.3) is 0 Å². The van der Waals surface area contributed by atoms with Crippen LogP contribution in [0.3, 0.4) is 0 Å². The third-order valence-electron chi connectivity index (χ3n) is 3.77. The number of rotatable bonds is 2. The lowest BCUT2D eigenvalue weighted by molar-refractivity contribution is 0.302. The van der Waals surface area contributed by atoms with Crippen molar-refractivity contribution in [3.8, 4) is 0 Å². The average molecular weight is 247 g/mol. The lowest BCUT2D eigenvalue weighted by Gasteiger charge is -2.27. The lowest BCUT2D eigenvalue weighted by atomic mass is 10.00. The van der Waals surface area contributed by atoms with Crippen molar-refractivity contribution in [1.29, 1.82) is 0 Å². The van der Waals surface area contributed by atoms with Crippen molar-refractivity contribution in [1.82, 2.24) is 4.90 Å². The number of likely N-dealkylation sites (N-methyl/N-ethyl adjacent to an activating group) is 1. The Hall–Kier alpha value is -1.15. The molecule has 1 nitrogen and oxygen atoms in total. The molecule has 1 aliphatic carbocycles. The van der Waals surface area contributed by atoms with Crippen molar-refractivity contribution in [2.75, 3.05) is 13.1 Å². The zero-order chi connectivity index (χ0) is 13.1. The maximum atomic E-state index is 13.2. The molecule has 1 saturated heterocycles. The Kier molecular flexibility index (Phi) is 4.18. The summed E-state index contributed by atoms with van der Waals surface area (Å²) in [5.41, 5.74) is 2.39. The molecule has 18 heavy (non-hydrogen) atoms. The predicted octanol–water partition coefficient (Wildman–Crippen LogP) is 3.96. The topological polar surface area (TPSA) is 3.24 Å². The molecule has 1 aliphatic heterocycles. The molecule has 0 radical (unpaired) electrons. The molecule has 1 aromatic carbocycles. The van der Waals surface area contributed by atoms with Gasteiger partial charge in [-0.2, -0.15) is 0 Å². The number of hydrogen-bond donors (Lipinski definition) is 0. The van der Waals surface area contributed by atoms with Gasteiger partial charge in [-0.3, -0.25) is 4.90 Å². The van der Waals surface area contributed by atoms with Crippen LogP contribution in [0.2, 0.25) is 0 Å². The first-order valence-electron chi connectivity index (χ1n) is 6.99. The lowest BCUT2D eigenvalue weighted by Crippen LogP contribution is -2.31.